The predicted molar refractivity (Wildman–Crippen MR) is 137 cm³/mol. The predicted octanol–water partition coefficient (Wildman–Crippen LogP) is 6.75. The molecule has 0 unspecified atom stereocenters. The first-order valence-corrected chi connectivity index (χ1v) is 14.3. The molecule has 0 fully saturated rings. The van der Waals surface area contributed by atoms with Gasteiger partial charge in [-0.3, -0.25) is 4.72 Å². The van der Waals surface area contributed by atoms with E-state index in [2.05, 4.69) is 35.5 Å². The molecule has 6 nitrogen and oxygen atoms in total. The summed E-state index contributed by atoms with van der Waals surface area (Å²) in [4.78, 5) is 14.6. The van der Waals surface area contributed by atoms with Crippen LogP contribution >= 0.6 is 46.3 Å². The second kappa shape index (κ2) is 9.85. The molecular formula is C21H24Cl2N4O2S3. The standard InChI is InChI=1S/C21H24Cl2N4O2S3/c1-6-9-32(28,29)27-15-11-12(22)10-13(16(15)23)17-18(31-19(26-17)21(2,3)4)14-7-8-24-20(25-14)30-5/h7-8,10-11,27H,6,9H2,1-5H3. The largest absolute Gasteiger partial charge is 0.282 e. The number of aromatic nitrogens is 3. The van der Waals surface area contributed by atoms with Crippen molar-refractivity contribution < 1.29 is 8.42 Å². The van der Waals surface area contributed by atoms with Crippen molar-refractivity contribution in [3.8, 4) is 21.8 Å². The first-order valence-electron chi connectivity index (χ1n) is 9.83. The minimum Gasteiger partial charge on any atom is -0.282 e. The van der Waals surface area contributed by atoms with E-state index in [-0.39, 0.29) is 21.9 Å². The summed E-state index contributed by atoms with van der Waals surface area (Å²) in [7, 11) is -3.55. The maximum Gasteiger partial charge on any atom is 0.232 e. The summed E-state index contributed by atoms with van der Waals surface area (Å²) in [6.07, 6.45) is 4.10. The van der Waals surface area contributed by atoms with Crippen molar-refractivity contribution in [3.63, 3.8) is 0 Å². The third-order valence-electron chi connectivity index (χ3n) is 4.35. The Hall–Kier alpha value is -1.39. The molecule has 0 aliphatic heterocycles. The van der Waals surface area contributed by atoms with Gasteiger partial charge in [-0.1, -0.05) is 62.7 Å². The van der Waals surface area contributed by atoms with Crippen LogP contribution < -0.4 is 4.72 Å². The average Bonchev–Trinajstić information content (AvgIpc) is 3.16. The molecule has 0 saturated carbocycles. The molecule has 32 heavy (non-hydrogen) atoms. The average molecular weight is 532 g/mol. The van der Waals surface area contributed by atoms with Crippen molar-refractivity contribution in [1.29, 1.82) is 0 Å². The van der Waals surface area contributed by atoms with Crippen LogP contribution in [-0.4, -0.2) is 35.4 Å². The van der Waals surface area contributed by atoms with Gasteiger partial charge in [-0.05, 0) is 30.9 Å². The zero-order valence-corrected chi connectivity index (χ0v) is 22.3. The minimum atomic E-state index is -3.55. The lowest BCUT2D eigenvalue weighted by molar-refractivity contribution is 0.586. The highest BCUT2D eigenvalue weighted by molar-refractivity contribution is 7.98. The van der Waals surface area contributed by atoms with Crippen LogP contribution in [0, 0.1) is 0 Å². The van der Waals surface area contributed by atoms with Crippen LogP contribution in [0.2, 0.25) is 10.0 Å². The number of nitrogens with one attached hydrogen (secondary N) is 1. The number of hydrogen-bond donors (Lipinski definition) is 1. The quantitative estimate of drug-likeness (QED) is 0.268. The molecular weight excluding hydrogens is 507 g/mol. The third kappa shape index (κ3) is 5.75. The van der Waals surface area contributed by atoms with E-state index in [0.29, 0.717) is 27.9 Å². The zero-order valence-electron chi connectivity index (χ0n) is 18.4. The van der Waals surface area contributed by atoms with Crippen molar-refractivity contribution in [2.75, 3.05) is 16.7 Å². The first-order chi connectivity index (χ1) is 14.9. The zero-order chi connectivity index (χ0) is 23.7. The number of sulfonamides is 1. The number of halogens is 2. The van der Waals surface area contributed by atoms with E-state index in [1.54, 1.807) is 19.2 Å². The van der Waals surface area contributed by atoms with Gasteiger partial charge >= 0.3 is 0 Å². The summed E-state index contributed by atoms with van der Waals surface area (Å²) in [6.45, 7) is 8.04. The summed E-state index contributed by atoms with van der Waals surface area (Å²) in [5.41, 5.74) is 1.89. The number of benzene rings is 1. The van der Waals surface area contributed by atoms with Crippen LogP contribution in [0.1, 0.15) is 39.1 Å². The summed E-state index contributed by atoms with van der Waals surface area (Å²) in [5, 5.41) is 2.13. The van der Waals surface area contributed by atoms with Crippen molar-refractivity contribution in [1.82, 2.24) is 15.0 Å². The Kier molecular flexibility index (Phi) is 7.77. The van der Waals surface area contributed by atoms with Gasteiger partial charge in [-0.2, -0.15) is 0 Å². The topological polar surface area (TPSA) is 84.8 Å². The summed E-state index contributed by atoms with van der Waals surface area (Å²) in [5.74, 6) is -0.0142. The normalized spacial score (nSPS) is 12.2. The van der Waals surface area contributed by atoms with Gasteiger partial charge in [0, 0.05) is 22.2 Å². The van der Waals surface area contributed by atoms with E-state index in [9.17, 15) is 8.42 Å². The van der Waals surface area contributed by atoms with Gasteiger partial charge in [0.2, 0.25) is 10.0 Å². The van der Waals surface area contributed by atoms with E-state index in [1.807, 2.05) is 12.3 Å². The number of rotatable bonds is 7. The summed E-state index contributed by atoms with van der Waals surface area (Å²) < 4.78 is 27.3. The number of thiazole rings is 1. The molecule has 1 aromatic carbocycles. The Morgan fingerprint density at radius 1 is 1.19 bits per heavy atom. The Balaban J connectivity index is 2.24. The molecule has 0 spiro atoms. The first kappa shape index (κ1) is 25.2. The van der Waals surface area contributed by atoms with Gasteiger partial charge in [0.15, 0.2) is 5.16 Å². The Morgan fingerprint density at radius 3 is 2.53 bits per heavy atom. The molecule has 3 aromatic rings. The maximum atomic E-state index is 12.4. The van der Waals surface area contributed by atoms with Crippen molar-refractivity contribution in [3.05, 3.63) is 39.4 Å². The van der Waals surface area contributed by atoms with E-state index >= 15 is 0 Å². The second-order valence-electron chi connectivity index (χ2n) is 8.11. The van der Waals surface area contributed by atoms with E-state index < -0.39 is 10.0 Å². The van der Waals surface area contributed by atoms with Crippen LogP contribution in [0.15, 0.2) is 29.6 Å². The molecule has 0 aliphatic rings. The van der Waals surface area contributed by atoms with E-state index in [1.165, 1.54) is 29.2 Å². The maximum absolute atomic E-state index is 12.4. The molecule has 3 rings (SSSR count). The van der Waals surface area contributed by atoms with Gasteiger partial charge < -0.3 is 0 Å². The molecule has 0 bridgehead atoms. The molecule has 0 radical (unpaired) electrons. The highest BCUT2D eigenvalue weighted by Crippen LogP contribution is 2.45. The van der Waals surface area contributed by atoms with Gasteiger partial charge in [0.25, 0.3) is 0 Å². The fourth-order valence-corrected chi connectivity index (χ4v) is 6.00. The lowest BCUT2D eigenvalue weighted by Crippen LogP contribution is -2.16. The van der Waals surface area contributed by atoms with Crippen LogP contribution in [0.3, 0.4) is 0 Å². The van der Waals surface area contributed by atoms with Crippen LogP contribution in [-0.2, 0) is 15.4 Å². The fourth-order valence-electron chi connectivity index (χ4n) is 2.89. The molecule has 2 heterocycles. The molecule has 11 heteroatoms. The smallest absolute Gasteiger partial charge is 0.232 e. The van der Waals surface area contributed by atoms with Crippen LogP contribution in [0.25, 0.3) is 21.8 Å². The SMILES string of the molecule is CCCS(=O)(=O)Nc1cc(Cl)cc(-c2nc(C(C)(C)C)sc2-c2ccnc(SC)n2)c1Cl. The Morgan fingerprint density at radius 2 is 1.91 bits per heavy atom. The third-order valence-corrected chi connectivity index (χ3v) is 8.52. The summed E-state index contributed by atoms with van der Waals surface area (Å²) in [6, 6.07) is 5.03. The lowest BCUT2D eigenvalue weighted by Gasteiger charge is -2.14. The minimum absolute atomic E-state index is 0.0142. The van der Waals surface area contributed by atoms with Gasteiger partial charge in [-0.25, -0.2) is 23.4 Å². The number of nitrogens with zero attached hydrogens (tertiary/aromatic N) is 3. The van der Waals surface area contributed by atoms with Crippen molar-refractivity contribution >= 4 is 62.0 Å². The van der Waals surface area contributed by atoms with E-state index in [4.69, 9.17) is 28.2 Å². The number of anilines is 1. The molecule has 0 atom stereocenters. The van der Waals surface area contributed by atoms with Crippen LogP contribution in [0.4, 0.5) is 5.69 Å². The van der Waals surface area contributed by atoms with Gasteiger partial charge in [-0.15, -0.1) is 11.3 Å². The van der Waals surface area contributed by atoms with E-state index in [0.717, 1.165) is 15.6 Å². The molecule has 0 aliphatic carbocycles. The lowest BCUT2D eigenvalue weighted by atomic mass is 9.98. The fraction of sp³-hybridized carbons (Fsp3) is 0.381. The Bertz CT molecular complexity index is 1240. The number of hydrogen-bond acceptors (Lipinski definition) is 7. The summed E-state index contributed by atoms with van der Waals surface area (Å²) >= 11 is 16.1. The second-order valence-corrected chi connectivity index (χ2v) is 12.5. The Labute approximate surface area is 207 Å². The highest BCUT2D eigenvalue weighted by Gasteiger charge is 2.26. The molecule has 0 amide bonds. The van der Waals surface area contributed by atoms with Crippen molar-refractivity contribution in [2.24, 2.45) is 0 Å². The van der Waals surface area contributed by atoms with Crippen molar-refractivity contribution in [2.45, 2.75) is 44.7 Å². The highest BCUT2D eigenvalue weighted by atomic mass is 35.5. The molecule has 172 valence electrons. The van der Waals surface area contributed by atoms with Gasteiger partial charge in [0.05, 0.1) is 37.7 Å². The van der Waals surface area contributed by atoms with Gasteiger partial charge in [0.1, 0.15) is 0 Å². The molecule has 1 N–H and O–H groups in total. The molecule has 0 saturated heterocycles. The van der Waals surface area contributed by atoms with Crippen LogP contribution in [0.5, 0.6) is 0 Å². The number of thioether (sulfide) groups is 1. The monoisotopic (exact) mass is 530 g/mol. The molecule has 2 aromatic heterocycles.